The maximum Gasteiger partial charge on any atom is 0.408 e. The Labute approximate surface area is 131 Å². The van der Waals surface area contributed by atoms with Crippen molar-refractivity contribution in [2.45, 2.75) is 65.2 Å². The third-order valence-corrected chi connectivity index (χ3v) is 3.26. The van der Waals surface area contributed by atoms with Crippen molar-refractivity contribution in [1.29, 1.82) is 0 Å². The molecule has 0 aromatic carbocycles. The van der Waals surface area contributed by atoms with E-state index in [1.54, 1.807) is 32.6 Å². The number of ether oxygens (including phenoxy) is 2. The molecule has 1 aliphatic rings. The average molecular weight is 314 g/mol. The van der Waals surface area contributed by atoms with Gasteiger partial charge in [-0.05, 0) is 27.7 Å². The number of amides is 2. The highest BCUT2D eigenvalue weighted by atomic mass is 16.6. The van der Waals surface area contributed by atoms with Crippen LogP contribution in [-0.2, 0) is 19.1 Å². The van der Waals surface area contributed by atoms with E-state index in [4.69, 9.17) is 9.47 Å². The van der Waals surface area contributed by atoms with Crippen molar-refractivity contribution in [2.24, 2.45) is 0 Å². The van der Waals surface area contributed by atoms with Gasteiger partial charge in [0.05, 0.1) is 0 Å². The first kappa shape index (κ1) is 18.3. The van der Waals surface area contributed by atoms with Crippen LogP contribution in [-0.4, -0.2) is 53.7 Å². The molecule has 0 aliphatic carbocycles. The molecule has 1 fully saturated rings. The number of carbonyl (C=O) groups excluding carboxylic acids is 3. The molecule has 2 amide bonds. The van der Waals surface area contributed by atoms with Gasteiger partial charge in [-0.15, -0.1) is 0 Å². The Kier molecular flexibility index (Phi) is 6.20. The maximum absolute atomic E-state index is 12.0. The van der Waals surface area contributed by atoms with Crippen LogP contribution in [0.25, 0.3) is 0 Å². The van der Waals surface area contributed by atoms with Crippen molar-refractivity contribution < 1.29 is 23.9 Å². The van der Waals surface area contributed by atoms with Crippen LogP contribution in [0.3, 0.4) is 0 Å². The van der Waals surface area contributed by atoms with Gasteiger partial charge in [0.1, 0.15) is 17.7 Å². The SMILES string of the molecule is CC(=O)N1CCC(OC(=O)C(C)NC(=O)OC(C)(C)C)CC1. The zero-order valence-electron chi connectivity index (χ0n) is 14.0. The number of alkyl carbamates (subject to hydrolysis) is 1. The highest BCUT2D eigenvalue weighted by Crippen LogP contribution is 2.14. The Morgan fingerprint density at radius 3 is 2.18 bits per heavy atom. The molecule has 1 N–H and O–H groups in total. The van der Waals surface area contributed by atoms with Gasteiger partial charge in [0.25, 0.3) is 0 Å². The number of nitrogens with zero attached hydrogens (tertiary/aromatic N) is 1. The van der Waals surface area contributed by atoms with E-state index in [1.807, 2.05) is 0 Å². The molecule has 22 heavy (non-hydrogen) atoms. The van der Waals surface area contributed by atoms with Gasteiger partial charge in [0, 0.05) is 32.9 Å². The van der Waals surface area contributed by atoms with E-state index in [9.17, 15) is 14.4 Å². The lowest BCUT2D eigenvalue weighted by Crippen LogP contribution is -2.45. The molecule has 7 nitrogen and oxygen atoms in total. The van der Waals surface area contributed by atoms with E-state index in [0.717, 1.165) is 0 Å². The lowest BCUT2D eigenvalue weighted by Gasteiger charge is -2.31. The van der Waals surface area contributed by atoms with Crippen molar-refractivity contribution in [3.8, 4) is 0 Å². The van der Waals surface area contributed by atoms with E-state index < -0.39 is 23.7 Å². The Balaban J connectivity index is 2.36. The minimum atomic E-state index is -0.777. The number of carbonyl (C=O) groups is 3. The molecule has 0 aromatic rings. The summed E-state index contributed by atoms with van der Waals surface area (Å²) in [6.45, 7) is 9.49. The molecule has 0 aromatic heterocycles. The topological polar surface area (TPSA) is 84.9 Å². The monoisotopic (exact) mass is 314 g/mol. The van der Waals surface area contributed by atoms with E-state index in [2.05, 4.69) is 5.32 Å². The predicted molar refractivity (Wildman–Crippen MR) is 80.2 cm³/mol. The number of esters is 1. The lowest BCUT2D eigenvalue weighted by atomic mass is 10.1. The number of hydrogen-bond donors (Lipinski definition) is 1. The Morgan fingerprint density at radius 1 is 1.18 bits per heavy atom. The smallest absolute Gasteiger partial charge is 0.408 e. The largest absolute Gasteiger partial charge is 0.461 e. The van der Waals surface area contributed by atoms with E-state index in [1.165, 1.54) is 6.92 Å². The standard InChI is InChI=1S/C15H26N2O5/c1-10(16-14(20)22-15(3,4)5)13(19)21-12-6-8-17(9-7-12)11(2)18/h10,12H,6-9H2,1-5H3,(H,16,20). The molecule has 7 heteroatoms. The van der Waals surface area contributed by atoms with Crippen LogP contribution in [0.2, 0.25) is 0 Å². The normalized spacial score (nSPS) is 17.6. The summed E-state index contributed by atoms with van der Waals surface area (Å²) in [7, 11) is 0. The second-order valence-electron chi connectivity index (χ2n) is 6.51. The van der Waals surface area contributed by atoms with Crippen LogP contribution in [0.15, 0.2) is 0 Å². The fraction of sp³-hybridized carbons (Fsp3) is 0.800. The second-order valence-corrected chi connectivity index (χ2v) is 6.51. The second kappa shape index (κ2) is 7.47. The first-order valence-corrected chi connectivity index (χ1v) is 7.54. The van der Waals surface area contributed by atoms with Crippen LogP contribution in [0.1, 0.15) is 47.5 Å². The zero-order chi connectivity index (χ0) is 16.9. The first-order valence-electron chi connectivity index (χ1n) is 7.54. The van der Waals surface area contributed by atoms with Crippen molar-refractivity contribution >= 4 is 18.0 Å². The van der Waals surface area contributed by atoms with Crippen molar-refractivity contribution in [1.82, 2.24) is 10.2 Å². The molecular formula is C15H26N2O5. The third kappa shape index (κ3) is 6.32. The molecule has 126 valence electrons. The number of nitrogens with one attached hydrogen (secondary N) is 1. The molecule has 0 bridgehead atoms. The summed E-state index contributed by atoms with van der Waals surface area (Å²) >= 11 is 0. The lowest BCUT2D eigenvalue weighted by molar-refractivity contribution is -0.154. The molecule has 1 saturated heterocycles. The first-order chi connectivity index (χ1) is 10.1. The number of piperidine rings is 1. The summed E-state index contributed by atoms with van der Waals surface area (Å²) in [6.07, 6.45) is 0.365. The number of likely N-dealkylation sites (tertiary alicyclic amines) is 1. The van der Waals surface area contributed by atoms with Crippen LogP contribution in [0, 0.1) is 0 Å². The van der Waals surface area contributed by atoms with Crippen LogP contribution in [0.5, 0.6) is 0 Å². The molecule has 1 aliphatic heterocycles. The van der Waals surface area contributed by atoms with Gasteiger partial charge in [-0.25, -0.2) is 9.59 Å². The van der Waals surface area contributed by atoms with Gasteiger partial charge in [0.15, 0.2) is 0 Å². The Bertz CT molecular complexity index is 422. The summed E-state index contributed by atoms with van der Waals surface area (Å²) in [5, 5.41) is 2.45. The fourth-order valence-corrected chi connectivity index (χ4v) is 2.10. The number of hydrogen-bond acceptors (Lipinski definition) is 5. The van der Waals surface area contributed by atoms with Crippen molar-refractivity contribution in [3.63, 3.8) is 0 Å². The van der Waals surface area contributed by atoms with Crippen LogP contribution in [0.4, 0.5) is 4.79 Å². The van der Waals surface area contributed by atoms with E-state index >= 15 is 0 Å². The van der Waals surface area contributed by atoms with Gasteiger partial charge < -0.3 is 19.7 Å². The van der Waals surface area contributed by atoms with Gasteiger partial charge in [-0.3, -0.25) is 4.79 Å². The molecule has 1 rings (SSSR count). The molecule has 0 radical (unpaired) electrons. The molecule has 1 atom stereocenters. The van der Waals surface area contributed by atoms with E-state index in [0.29, 0.717) is 25.9 Å². The highest BCUT2D eigenvalue weighted by Gasteiger charge is 2.27. The molecule has 1 unspecified atom stereocenters. The maximum atomic E-state index is 12.0. The number of rotatable bonds is 3. The van der Waals surface area contributed by atoms with Crippen molar-refractivity contribution in [3.05, 3.63) is 0 Å². The predicted octanol–water partition coefficient (Wildman–Crippen LogP) is 1.45. The van der Waals surface area contributed by atoms with Crippen LogP contribution >= 0.6 is 0 Å². The highest BCUT2D eigenvalue weighted by molar-refractivity contribution is 5.81. The van der Waals surface area contributed by atoms with Gasteiger partial charge in [0.2, 0.25) is 5.91 Å². The summed E-state index contributed by atoms with van der Waals surface area (Å²) in [4.78, 5) is 36.5. The van der Waals surface area contributed by atoms with Gasteiger partial charge in [-0.2, -0.15) is 0 Å². The van der Waals surface area contributed by atoms with Crippen molar-refractivity contribution in [2.75, 3.05) is 13.1 Å². The summed E-state index contributed by atoms with van der Waals surface area (Å²) in [5.41, 5.74) is -0.618. The average Bonchev–Trinajstić information content (AvgIpc) is 2.36. The minimum Gasteiger partial charge on any atom is -0.461 e. The third-order valence-electron chi connectivity index (χ3n) is 3.26. The summed E-state index contributed by atoms with van der Waals surface area (Å²) < 4.78 is 10.5. The summed E-state index contributed by atoms with van der Waals surface area (Å²) in [6, 6.07) is -0.777. The van der Waals surface area contributed by atoms with Gasteiger partial charge >= 0.3 is 12.1 Å². The fourth-order valence-electron chi connectivity index (χ4n) is 2.10. The molecule has 1 heterocycles. The minimum absolute atomic E-state index is 0.0322. The van der Waals surface area contributed by atoms with Gasteiger partial charge in [-0.1, -0.05) is 0 Å². The quantitative estimate of drug-likeness (QED) is 0.797. The summed E-state index contributed by atoms with van der Waals surface area (Å²) in [5.74, 6) is -0.461. The van der Waals surface area contributed by atoms with Crippen LogP contribution < -0.4 is 5.32 Å². The molecule has 0 spiro atoms. The zero-order valence-corrected chi connectivity index (χ0v) is 14.0. The molecular weight excluding hydrogens is 288 g/mol. The Hall–Kier alpha value is -1.79. The Morgan fingerprint density at radius 2 is 1.73 bits per heavy atom. The molecule has 0 saturated carbocycles. The van der Waals surface area contributed by atoms with E-state index in [-0.39, 0.29) is 12.0 Å².